The smallest absolute Gasteiger partial charge is 0.327 e. The molecule has 0 aliphatic rings. The number of carboxylic acids is 1. The molecule has 2 N–H and O–H groups in total. The van der Waals surface area contributed by atoms with Crippen LogP contribution < -0.4 is 5.32 Å². The number of carboxylic acid groups (broad SMARTS) is 1. The molecule has 1 amide bonds. The Hall–Kier alpha value is -1.47. The fourth-order valence-corrected chi connectivity index (χ4v) is 2.93. The van der Waals surface area contributed by atoms with Gasteiger partial charge in [-0.2, -0.15) is 0 Å². The van der Waals surface area contributed by atoms with Gasteiger partial charge in [-0.1, -0.05) is 17.7 Å². The summed E-state index contributed by atoms with van der Waals surface area (Å²) in [6.45, 7) is 1.16. The lowest BCUT2D eigenvalue weighted by molar-refractivity contribution is -0.140. The van der Waals surface area contributed by atoms with Crippen LogP contribution >= 0.6 is 11.6 Å². The number of carbonyl (C=O) groups is 2. The van der Waals surface area contributed by atoms with Crippen LogP contribution in [0.15, 0.2) is 18.2 Å². The molecular weight excluding hydrogens is 309 g/mol. The van der Waals surface area contributed by atoms with E-state index in [2.05, 4.69) is 5.32 Å². The number of carbonyl (C=O) groups excluding carboxylic acids is 1. The molecule has 0 spiro atoms. The van der Waals surface area contributed by atoms with Gasteiger partial charge in [-0.3, -0.25) is 9.00 Å². The second kappa shape index (κ2) is 7.35. The molecule has 0 aliphatic carbocycles. The lowest BCUT2D eigenvalue weighted by atomic mass is 10.2. The molecule has 5 nitrogen and oxygen atoms in total. The lowest BCUT2D eigenvalue weighted by Crippen LogP contribution is -2.43. The van der Waals surface area contributed by atoms with Crippen molar-refractivity contribution in [2.75, 3.05) is 5.75 Å². The van der Waals surface area contributed by atoms with Crippen LogP contribution in [0.5, 0.6) is 0 Å². The van der Waals surface area contributed by atoms with Gasteiger partial charge in [-0.25, -0.2) is 9.18 Å². The Balaban J connectivity index is 2.70. The molecule has 0 heterocycles. The predicted molar refractivity (Wildman–Crippen MR) is 73.4 cm³/mol. The summed E-state index contributed by atoms with van der Waals surface area (Å²) in [6.07, 6.45) is 0. The molecule has 0 saturated carbocycles. The van der Waals surface area contributed by atoms with E-state index >= 15 is 0 Å². The normalized spacial score (nSPS) is 13.6. The molecule has 0 radical (unpaired) electrons. The second-order valence-corrected chi connectivity index (χ2v) is 6.02. The van der Waals surface area contributed by atoms with E-state index in [9.17, 15) is 18.2 Å². The number of aliphatic carboxylic acids is 1. The highest BCUT2D eigenvalue weighted by atomic mass is 35.5. The van der Waals surface area contributed by atoms with E-state index < -0.39 is 34.5 Å². The zero-order valence-corrected chi connectivity index (χ0v) is 12.1. The molecule has 1 aromatic rings. The van der Waals surface area contributed by atoms with Crippen LogP contribution in [0.1, 0.15) is 12.5 Å². The molecule has 2 unspecified atom stereocenters. The van der Waals surface area contributed by atoms with Crippen molar-refractivity contribution in [2.45, 2.75) is 18.7 Å². The Bertz CT molecular complexity index is 552. The van der Waals surface area contributed by atoms with Crippen molar-refractivity contribution in [1.82, 2.24) is 5.32 Å². The predicted octanol–water partition coefficient (Wildman–Crippen LogP) is 1.32. The van der Waals surface area contributed by atoms with Crippen LogP contribution in [0.3, 0.4) is 0 Å². The quantitative estimate of drug-likeness (QED) is 0.827. The molecule has 8 heteroatoms. The third-order valence-electron chi connectivity index (χ3n) is 2.36. The highest BCUT2D eigenvalue weighted by Crippen LogP contribution is 2.16. The van der Waals surface area contributed by atoms with E-state index in [4.69, 9.17) is 16.7 Å². The van der Waals surface area contributed by atoms with Gasteiger partial charge in [0.15, 0.2) is 0 Å². The van der Waals surface area contributed by atoms with Gasteiger partial charge >= 0.3 is 5.97 Å². The molecule has 1 aromatic carbocycles. The maximum atomic E-state index is 13.5. The molecule has 0 aromatic heterocycles. The van der Waals surface area contributed by atoms with Gasteiger partial charge in [0.25, 0.3) is 0 Å². The van der Waals surface area contributed by atoms with Gasteiger partial charge in [0, 0.05) is 28.3 Å². The number of hydrogen-bond donors (Lipinski definition) is 2. The summed E-state index contributed by atoms with van der Waals surface area (Å²) < 4.78 is 25.4. The average molecular weight is 322 g/mol. The number of hydrogen-bond acceptors (Lipinski definition) is 3. The second-order valence-electron chi connectivity index (χ2n) is 4.08. The molecule has 0 fully saturated rings. The Morgan fingerprint density at radius 3 is 2.65 bits per heavy atom. The molecule has 0 aliphatic heterocycles. The van der Waals surface area contributed by atoms with Crippen LogP contribution in [-0.2, 0) is 26.1 Å². The summed E-state index contributed by atoms with van der Waals surface area (Å²) in [5.41, 5.74) is 0.180. The van der Waals surface area contributed by atoms with E-state index in [1.165, 1.54) is 12.1 Å². The number of halogens is 2. The fraction of sp³-hybridized carbons (Fsp3) is 0.333. The maximum absolute atomic E-state index is 13.5. The van der Waals surface area contributed by atoms with Gasteiger partial charge in [0.2, 0.25) is 5.91 Å². The van der Waals surface area contributed by atoms with Gasteiger partial charge in [-0.15, -0.1) is 0 Å². The van der Waals surface area contributed by atoms with E-state index in [0.717, 1.165) is 13.0 Å². The zero-order chi connectivity index (χ0) is 15.3. The van der Waals surface area contributed by atoms with E-state index in [1.54, 1.807) is 0 Å². The summed E-state index contributed by atoms with van der Waals surface area (Å²) in [7, 11) is -1.63. The minimum Gasteiger partial charge on any atom is -0.480 e. The first-order valence-electron chi connectivity index (χ1n) is 5.58. The van der Waals surface area contributed by atoms with Gasteiger partial charge in [0.05, 0.1) is 11.5 Å². The first kappa shape index (κ1) is 16.6. The van der Waals surface area contributed by atoms with Crippen molar-refractivity contribution in [1.29, 1.82) is 0 Å². The summed E-state index contributed by atoms with van der Waals surface area (Å²) in [4.78, 5) is 21.7. The van der Waals surface area contributed by atoms with Crippen LogP contribution in [-0.4, -0.2) is 33.0 Å². The van der Waals surface area contributed by atoms with Gasteiger partial charge in [-0.05, 0) is 12.1 Å². The number of benzene rings is 1. The largest absolute Gasteiger partial charge is 0.480 e. The minimum atomic E-state index is -1.63. The highest BCUT2D eigenvalue weighted by Gasteiger charge is 2.21. The molecule has 2 atom stereocenters. The minimum absolute atomic E-state index is 0.146. The van der Waals surface area contributed by atoms with Crippen LogP contribution in [0, 0.1) is 5.82 Å². The maximum Gasteiger partial charge on any atom is 0.327 e. The van der Waals surface area contributed by atoms with Crippen LogP contribution in [0.2, 0.25) is 5.02 Å². The first-order chi connectivity index (χ1) is 9.29. The zero-order valence-electron chi connectivity index (χ0n) is 10.6. The molecule has 110 valence electrons. The topological polar surface area (TPSA) is 83.5 Å². The molecule has 0 saturated heterocycles. The third-order valence-corrected chi connectivity index (χ3v) is 3.93. The lowest BCUT2D eigenvalue weighted by Gasteiger charge is -2.13. The molecule has 20 heavy (non-hydrogen) atoms. The van der Waals surface area contributed by atoms with Crippen molar-refractivity contribution < 1.29 is 23.3 Å². The van der Waals surface area contributed by atoms with E-state index in [1.807, 2.05) is 0 Å². The number of nitrogens with one attached hydrogen (secondary N) is 1. The van der Waals surface area contributed by atoms with Crippen molar-refractivity contribution >= 4 is 34.3 Å². The van der Waals surface area contributed by atoms with Crippen molar-refractivity contribution in [3.05, 3.63) is 34.6 Å². The molecular formula is C12H13ClFNO4S. The third kappa shape index (κ3) is 5.26. The van der Waals surface area contributed by atoms with Crippen LogP contribution in [0.4, 0.5) is 4.39 Å². The van der Waals surface area contributed by atoms with Crippen molar-refractivity contribution in [2.24, 2.45) is 0 Å². The van der Waals surface area contributed by atoms with E-state index in [-0.39, 0.29) is 22.1 Å². The Kier molecular flexibility index (Phi) is 6.09. The van der Waals surface area contributed by atoms with Crippen molar-refractivity contribution in [3.63, 3.8) is 0 Å². The SMILES string of the molecule is CC(=O)NC(CS(=O)Cc1ccc(Cl)cc1F)C(=O)O. The van der Waals surface area contributed by atoms with Gasteiger partial charge < -0.3 is 10.4 Å². The summed E-state index contributed by atoms with van der Waals surface area (Å²) >= 11 is 5.60. The molecule has 0 bridgehead atoms. The monoisotopic (exact) mass is 321 g/mol. The Morgan fingerprint density at radius 2 is 2.15 bits per heavy atom. The molecule has 1 rings (SSSR count). The number of rotatable bonds is 6. The summed E-state index contributed by atoms with van der Waals surface area (Å²) in [5, 5.41) is 11.3. The standard InChI is InChI=1S/C12H13ClFNO4S/c1-7(16)15-11(12(17)18)6-20(19)5-8-2-3-9(13)4-10(8)14/h2-4,11H,5-6H2,1H3,(H,15,16)(H,17,18). The summed E-state index contributed by atoms with van der Waals surface area (Å²) in [6, 6.07) is 2.68. The Labute approximate surface area is 122 Å². The Morgan fingerprint density at radius 1 is 1.50 bits per heavy atom. The van der Waals surface area contributed by atoms with Crippen molar-refractivity contribution in [3.8, 4) is 0 Å². The average Bonchev–Trinajstić information content (AvgIpc) is 2.31. The van der Waals surface area contributed by atoms with Gasteiger partial charge in [0.1, 0.15) is 11.9 Å². The fourth-order valence-electron chi connectivity index (χ4n) is 1.48. The summed E-state index contributed by atoms with van der Waals surface area (Å²) in [5.74, 6) is -2.86. The number of amides is 1. The first-order valence-corrected chi connectivity index (χ1v) is 7.45. The highest BCUT2D eigenvalue weighted by molar-refractivity contribution is 7.84. The van der Waals surface area contributed by atoms with E-state index in [0.29, 0.717) is 0 Å². The van der Waals surface area contributed by atoms with Crippen LogP contribution in [0.25, 0.3) is 0 Å².